The Morgan fingerprint density at radius 1 is 1.08 bits per heavy atom. The highest BCUT2D eigenvalue weighted by Crippen LogP contribution is 2.42. The van der Waals surface area contributed by atoms with E-state index in [1.165, 1.54) is 10.4 Å². The van der Waals surface area contributed by atoms with Gasteiger partial charge >= 0.3 is 10.2 Å². The van der Waals surface area contributed by atoms with E-state index in [1.54, 1.807) is 4.68 Å². The van der Waals surface area contributed by atoms with E-state index >= 15 is 0 Å². The molecule has 2 aliphatic heterocycles. The summed E-state index contributed by atoms with van der Waals surface area (Å²) >= 11 is 0. The second kappa shape index (κ2) is 11.2. The molecule has 4 heterocycles. The maximum Gasteiger partial charge on any atom is 0.304 e. The van der Waals surface area contributed by atoms with Crippen molar-refractivity contribution in [3.8, 4) is 11.4 Å². The Labute approximate surface area is 226 Å². The van der Waals surface area contributed by atoms with Crippen LogP contribution in [-0.2, 0) is 24.7 Å². The molecule has 12 nitrogen and oxygen atoms in total. The molecule has 3 aromatic rings. The summed E-state index contributed by atoms with van der Waals surface area (Å²) < 4.78 is 42.5. The number of amides is 1. The highest BCUT2D eigenvalue weighted by atomic mass is 32.2. The number of benzene rings is 1. The van der Waals surface area contributed by atoms with E-state index in [0.717, 1.165) is 42.5 Å². The zero-order chi connectivity index (χ0) is 26.8. The molecule has 1 unspecified atom stereocenters. The van der Waals surface area contributed by atoms with Crippen molar-refractivity contribution in [1.29, 1.82) is 0 Å². The summed E-state index contributed by atoms with van der Waals surface area (Å²) in [6, 6.07) is 11.1. The molecule has 3 aliphatic rings. The van der Waals surface area contributed by atoms with Gasteiger partial charge in [0.2, 0.25) is 0 Å². The molecule has 2 saturated heterocycles. The highest BCUT2D eigenvalue weighted by molar-refractivity contribution is 7.87. The molecule has 1 atom stereocenters. The highest BCUT2D eigenvalue weighted by Gasteiger charge is 2.32. The molecule has 13 heteroatoms. The number of carbonyl (C=O) groups is 1. The van der Waals surface area contributed by atoms with Crippen LogP contribution in [0.2, 0.25) is 0 Å². The van der Waals surface area contributed by atoms with Gasteiger partial charge in [-0.15, -0.1) is 0 Å². The lowest BCUT2D eigenvalue weighted by molar-refractivity contribution is -0.325. The molecular formula is C26H31N5O7S. The van der Waals surface area contributed by atoms with Crippen molar-refractivity contribution in [3.63, 3.8) is 0 Å². The molecule has 0 bridgehead atoms. The third-order valence-electron chi connectivity index (χ3n) is 7.36. The van der Waals surface area contributed by atoms with Gasteiger partial charge in [0.05, 0.1) is 49.8 Å². The van der Waals surface area contributed by atoms with Crippen LogP contribution in [-0.4, -0.2) is 79.5 Å². The monoisotopic (exact) mass is 557 g/mol. The molecule has 2 aromatic heterocycles. The molecule has 0 radical (unpaired) electrons. The number of nitrogens with one attached hydrogen (secondary N) is 1. The van der Waals surface area contributed by atoms with E-state index < -0.39 is 16.1 Å². The van der Waals surface area contributed by atoms with Crippen molar-refractivity contribution in [2.24, 2.45) is 5.92 Å². The number of hydrogen-bond donors (Lipinski definition) is 1. The first-order valence-corrected chi connectivity index (χ1v) is 14.7. The van der Waals surface area contributed by atoms with E-state index in [-0.39, 0.29) is 43.8 Å². The molecule has 39 heavy (non-hydrogen) atoms. The standard InChI is InChI=1S/C26H31N5O7S/c32-26(29-39(33,34)30-10-13-35-14-11-30)21-15-22(36-16-18-9-12-37-38-17-18)23-24(19-5-4-6-19)28-31(25(23)27-21)20-7-2-1-3-8-20/h1-3,7-8,15,18-19H,4-6,9-14,16-17H2,(H,29,32). The van der Waals surface area contributed by atoms with Gasteiger partial charge in [-0.05, 0) is 31.4 Å². The Bertz CT molecular complexity index is 1430. The van der Waals surface area contributed by atoms with Crippen LogP contribution in [0.25, 0.3) is 16.7 Å². The maximum absolute atomic E-state index is 13.3. The minimum atomic E-state index is -4.07. The van der Waals surface area contributed by atoms with Crippen molar-refractivity contribution in [3.05, 3.63) is 47.8 Å². The van der Waals surface area contributed by atoms with Gasteiger partial charge in [-0.3, -0.25) is 4.79 Å². The molecule has 6 rings (SSSR count). The summed E-state index contributed by atoms with van der Waals surface area (Å²) in [4.78, 5) is 28.1. The average Bonchev–Trinajstić information content (AvgIpc) is 3.31. The van der Waals surface area contributed by atoms with Gasteiger partial charge in [0.15, 0.2) is 5.65 Å². The molecule has 1 saturated carbocycles. The SMILES string of the molecule is O=C(NS(=O)(=O)N1CCOCC1)c1cc(OCC2CCOOC2)c2c(C3CCC3)nn(-c3ccccc3)c2n1. The summed E-state index contributed by atoms with van der Waals surface area (Å²) in [6.07, 6.45) is 3.91. The summed E-state index contributed by atoms with van der Waals surface area (Å²) in [6.45, 7) is 2.10. The first-order valence-electron chi connectivity index (χ1n) is 13.3. The topological polar surface area (TPSA) is 134 Å². The summed E-state index contributed by atoms with van der Waals surface area (Å²) in [5.41, 5.74) is 2.02. The van der Waals surface area contributed by atoms with E-state index in [9.17, 15) is 13.2 Å². The van der Waals surface area contributed by atoms with Crippen molar-refractivity contribution in [2.45, 2.75) is 31.6 Å². The quantitative estimate of drug-likeness (QED) is 0.414. The smallest absolute Gasteiger partial charge is 0.304 e. The van der Waals surface area contributed by atoms with Crippen LogP contribution < -0.4 is 9.46 Å². The molecule has 1 aromatic carbocycles. The van der Waals surface area contributed by atoms with Crippen LogP contribution in [0.1, 0.15) is 47.8 Å². The number of hydrogen-bond acceptors (Lipinski definition) is 9. The lowest BCUT2D eigenvalue weighted by Crippen LogP contribution is -2.48. The van der Waals surface area contributed by atoms with Gasteiger partial charge in [0, 0.05) is 31.0 Å². The van der Waals surface area contributed by atoms with Crippen molar-refractivity contribution < 1.29 is 32.5 Å². The van der Waals surface area contributed by atoms with Crippen LogP contribution in [0.5, 0.6) is 5.75 Å². The minimum Gasteiger partial charge on any atom is -0.492 e. The molecule has 208 valence electrons. The Balaban J connectivity index is 1.41. The van der Waals surface area contributed by atoms with Crippen molar-refractivity contribution >= 4 is 27.1 Å². The Kier molecular flexibility index (Phi) is 7.49. The molecule has 0 spiro atoms. The minimum absolute atomic E-state index is 0.0743. The number of carbonyl (C=O) groups excluding carboxylic acids is 1. The third kappa shape index (κ3) is 5.50. The average molecular weight is 558 g/mol. The zero-order valence-electron chi connectivity index (χ0n) is 21.5. The number of rotatable bonds is 8. The third-order valence-corrected chi connectivity index (χ3v) is 8.84. The molecule has 1 amide bonds. The summed E-state index contributed by atoms with van der Waals surface area (Å²) in [5, 5.41) is 5.68. The van der Waals surface area contributed by atoms with Crippen LogP contribution >= 0.6 is 0 Å². The first kappa shape index (κ1) is 26.1. The predicted molar refractivity (Wildman–Crippen MR) is 140 cm³/mol. The normalized spacial score (nSPS) is 21.0. The van der Waals surface area contributed by atoms with Crippen molar-refractivity contribution in [1.82, 2.24) is 23.8 Å². The summed E-state index contributed by atoms with van der Waals surface area (Å²) in [7, 11) is -4.07. The first-order chi connectivity index (χ1) is 19.0. The fourth-order valence-corrected chi connectivity index (χ4v) is 6.01. The van der Waals surface area contributed by atoms with E-state index in [4.69, 9.17) is 24.3 Å². The van der Waals surface area contributed by atoms with E-state index in [1.807, 2.05) is 30.3 Å². The largest absolute Gasteiger partial charge is 0.492 e. The lowest BCUT2D eigenvalue weighted by Gasteiger charge is -2.26. The Morgan fingerprint density at radius 3 is 2.56 bits per heavy atom. The van der Waals surface area contributed by atoms with Gasteiger partial charge in [0.25, 0.3) is 5.91 Å². The zero-order valence-corrected chi connectivity index (χ0v) is 22.3. The van der Waals surface area contributed by atoms with Gasteiger partial charge in [-0.25, -0.2) is 24.2 Å². The number of ether oxygens (including phenoxy) is 2. The number of aromatic nitrogens is 3. The van der Waals surface area contributed by atoms with Gasteiger partial charge in [0.1, 0.15) is 11.4 Å². The van der Waals surface area contributed by atoms with Gasteiger partial charge in [-0.1, -0.05) is 24.6 Å². The van der Waals surface area contributed by atoms with Gasteiger partial charge in [-0.2, -0.15) is 17.8 Å². The second-order valence-corrected chi connectivity index (χ2v) is 11.7. The number of para-hydroxylation sites is 1. The van der Waals surface area contributed by atoms with E-state index in [2.05, 4.69) is 9.71 Å². The molecule has 1 N–H and O–H groups in total. The predicted octanol–water partition coefficient (Wildman–Crippen LogP) is 2.34. The lowest BCUT2D eigenvalue weighted by atomic mass is 9.82. The van der Waals surface area contributed by atoms with Crippen LogP contribution in [0.4, 0.5) is 0 Å². The van der Waals surface area contributed by atoms with Crippen LogP contribution in [0, 0.1) is 5.92 Å². The Morgan fingerprint density at radius 2 is 1.87 bits per heavy atom. The number of fused-ring (bicyclic) bond motifs is 1. The number of morpholine rings is 1. The molecule has 3 fully saturated rings. The molecule has 1 aliphatic carbocycles. The fourth-order valence-electron chi connectivity index (χ4n) is 4.92. The fraction of sp³-hybridized carbons (Fsp3) is 0.500. The Hall–Kier alpha value is -3.10. The van der Waals surface area contributed by atoms with Crippen LogP contribution in [0.15, 0.2) is 36.4 Å². The molecular weight excluding hydrogens is 526 g/mol. The van der Waals surface area contributed by atoms with E-state index in [0.29, 0.717) is 31.2 Å². The second-order valence-electron chi connectivity index (χ2n) is 9.98. The van der Waals surface area contributed by atoms with Crippen molar-refractivity contribution in [2.75, 3.05) is 46.1 Å². The number of nitrogens with zero attached hydrogens (tertiary/aromatic N) is 4. The number of pyridine rings is 1. The maximum atomic E-state index is 13.3. The summed E-state index contributed by atoms with van der Waals surface area (Å²) in [5.74, 6) is -0.0233. The van der Waals surface area contributed by atoms with Gasteiger partial charge < -0.3 is 9.47 Å². The van der Waals surface area contributed by atoms with Crippen LogP contribution in [0.3, 0.4) is 0 Å².